The first-order chi connectivity index (χ1) is 15.4. The van der Waals surface area contributed by atoms with Crippen molar-refractivity contribution in [2.75, 3.05) is 6.54 Å². The molecule has 6 N–H and O–H groups in total. The molecule has 190 valence electrons. The van der Waals surface area contributed by atoms with Gasteiger partial charge in [0.15, 0.2) is 5.60 Å². The number of aliphatic hydroxyl groups is 1. The third-order valence-corrected chi connectivity index (χ3v) is 5.07. The van der Waals surface area contributed by atoms with Crippen LogP contribution in [-0.2, 0) is 24.0 Å². The molecule has 12 nitrogen and oxygen atoms in total. The van der Waals surface area contributed by atoms with Crippen molar-refractivity contribution in [2.24, 2.45) is 0 Å². The number of nitrogens with one attached hydrogen (secondary N) is 1. The Morgan fingerprint density at radius 1 is 0.879 bits per heavy atom. The van der Waals surface area contributed by atoms with Crippen LogP contribution in [0.5, 0.6) is 0 Å². The molecule has 0 aromatic heterocycles. The van der Waals surface area contributed by atoms with Gasteiger partial charge in [-0.1, -0.05) is 39.0 Å². The molecule has 0 saturated heterocycles. The fraction of sp³-hybridized carbons (Fsp3) is 0.762. The summed E-state index contributed by atoms with van der Waals surface area (Å²) in [5.74, 6) is -6.51. The van der Waals surface area contributed by atoms with Gasteiger partial charge in [-0.05, 0) is 25.7 Å². The maximum Gasteiger partial charge on any atom is 0.336 e. The van der Waals surface area contributed by atoms with E-state index in [0.29, 0.717) is 11.5 Å². The third kappa shape index (κ3) is 13.4. The van der Waals surface area contributed by atoms with Crippen molar-refractivity contribution in [3.05, 3.63) is 0 Å². The molecule has 33 heavy (non-hydrogen) atoms. The van der Waals surface area contributed by atoms with Crippen molar-refractivity contribution in [1.29, 1.82) is 0 Å². The Hall–Kier alpha value is -2.73. The first kappa shape index (κ1) is 30.3. The van der Waals surface area contributed by atoms with Crippen molar-refractivity contribution in [2.45, 2.75) is 95.6 Å². The van der Waals surface area contributed by atoms with E-state index in [1.165, 1.54) is 0 Å². The van der Waals surface area contributed by atoms with Gasteiger partial charge in [0.2, 0.25) is 11.8 Å². The molecule has 2 atom stereocenters. The molecule has 0 saturated carbocycles. The topological polar surface area (TPSA) is 202 Å². The molecule has 0 aromatic rings. The third-order valence-electron chi connectivity index (χ3n) is 5.07. The first-order valence-electron chi connectivity index (χ1n) is 11.1. The lowest BCUT2D eigenvalue weighted by molar-refractivity contribution is -0.168. The van der Waals surface area contributed by atoms with Gasteiger partial charge in [0.25, 0.3) is 0 Å². The molecular formula is C21H36N2O10. The fourth-order valence-corrected chi connectivity index (χ4v) is 3.15. The van der Waals surface area contributed by atoms with E-state index in [-0.39, 0.29) is 32.2 Å². The predicted molar refractivity (Wildman–Crippen MR) is 114 cm³/mol. The van der Waals surface area contributed by atoms with Gasteiger partial charge in [-0.15, -0.1) is 0 Å². The highest BCUT2D eigenvalue weighted by Crippen LogP contribution is 2.17. The SMILES string of the molecule is CCCCCCCCC(=O)N(O)CCCC[C@H](NC(=O)CC(O)(CC(=O)O)C(=O)O)C(=O)O. The van der Waals surface area contributed by atoms with Crippen LogP contribution < -0.4 is 5.32 Å². The highest BCUT2D eigenvalue weighted by atomic mass is 16.5. The Kier molecular flexibility index (Phi) is 14.7. The molecule has 0 aliphatic carbocycles. The monoisotopic (exact) mass is 476 g/mol. The molecule has 0 bridgehead atoms. The van der Waals surface area contributed by atoms with Crippen molar-refractivity contribution >= 4 is 29.7 Å². The molecule has 2 amide bonds. The summed E-state index contributed by atoms with van der Waals surface area (Å²) in [6.07, 6.45) is 4.28. The van der Waals surface area contributed by atoms with Gasteiger partial charge in [-0.25, -0.2) is 14.7 Å². The summed E-state index contributed by atoms with van der Waals surface area (Å²) >= 11 is 0. The van der Waals surface area contributed by atoms with Gasteiger partial charge < -0.3 is 25.7 Å². The van der Waals surface area contributed by atoms with Gasteiger partial charge in [0, 0.05) is 13.0 Å². The van der Waals surface area contributed by atoms with Crippen LogP contribution in [0.25, 0.3) is 0 Å². The number of hydrogen-bond acceptors (Lipinski definition) is 7. The molecule has 0 aliphatic rings. The van der Waals surface area contributed by atoms with Gasteiger partial charge in [0.05, 0.1) is 12.8 Å². The lowest BCUT2D eigenvalue weighted by Crippen LogP contribution is -2.48. The van der Waals surface area contributed by atoms with Gasteiger partial charge in [-0.3, -0.25) is 19.6 Å². The summed E-state index contributed by atoms with van der Waals surface area (Å²) in [6, 6.07) is -1.41. The minimum atomic E-state index is -2.87. The highest BCUT2D eigenvalue weighted by molar-refractivity contribution is 5.91. The number of hydroxylamine groups is 2. The Balaban J connectivity index is 4.41. The Labute approximate surface area is 192 Å². The second-order valence-corrected chi connectivity index (χ2v) is 8.07. The summed E-state index contributed by atoms with van der Waals surface area (Å²) in [4.78, 5) is 57.1. The van der Waals surface area contributed by atoms with Crippen LogP contribution in [-0.4, -0.2) is 78.6 Å². The van der Waals surface area contributed by atoms with E-state index in [2.05, 4.69) is 12.2 Å². The summed E-state index contributed by atoms with van der Waals surface area (Å²) in [5, 5.41) is 49.3. The van der Waals surface area contributed by atoms with E-state index in [9.17, 15) is 39.4 Å². The number of rotatable bonds is 19. The van der Waals surface area contributed by atoms with Crippen molar-refractivity contribution < 1.29 is 49.6 Å². The number of amides is 2. The number of carbonyl (C=O) groups excluding carboxylic acids is 2. The van der Waals surface area contributed by atoms with Crippen LogP contribution in [0.15, 0.2) is 0 Å². The Morgan fingerprint density at radius 3 is 2.03 bits per heavy atom. The fourth-order valence-electron chi connectivity index (χ4n) is 3.15. The minimum absolute atomic E-state index is 0.00761. The molecule has 0 aromatic carbocycles. The van der Waals surface area contributed by atoms with Crippen molar-refractivity contribution in [3.63, 3.8) is 0 Å². The number of carboxylic acids is 3. The lowest BCUT2D eigenvalue weighted by atomic mass is 9.95. The van der Waals surface area contributed by atoms with Crippen molar-refractivity contribution in [3.8, 4) is 0 Å². The smallest absolute Gasteiger partial charge is 0.336 e. The molecule has 0 rings (SSSR count). The van der Waals surface area contributed by atoms with Crippen LogP contribution in [0.1, 0.15) is 84.0 Å². The number of nitrogens with zero attached hydrogens (tertiary/aromatic N) is 1. The predicted octanol–water partition coefficient (Wildman–Crippen LogP) is 1.38. The molecule has 0 radical (unpaired) electrons. The zero-order valence-electron chi connectivity index (χ0n) is 19.0. The molecule has 1 unspecified atom stereocenters. The largest absolute Gasteiger partial charge is 0.481 e. The van der Waals surface area contributed by atoms with Gasteiger partial charge in [-0.2, -0.15) is 0 Å². The second kappa shape index (κ2) is 16.0. The standard InChI is InChI=1S/C21H36N2O10/c1-2-3-4-5-6-7-11-17(25)23(33)12-9-8-10-15(19(28)29)22-16(24)13-21(32,20(30)31)14-18(26)27/h15,32-33H,2-14H2,1H3,(H,22,24)(H,26,27)(H,28,29)(H,30,31)/t15-,21?/m0/s1. The lowest BCUT2D eigenvalue weighted by Gasteiger charge is -2.22. The Bertz CT molecular complexity index is 669. The van der Waals surface area contributed by atoms with E-state index in [0.717, 1.165) is 32.1 Å². The number of carbonyl (C=O) groups is 5. The summed E-state index contributed by atoms with van der Waals surface area (Å²) in [5.41, 5.74) is -2.87. The van der Waals surface area contributed by atoms with Crippen LogP contribution in [0.4, 0.5) is 0 Å². The second-order valence-electron chi connectivity index (χ2n) is 8.07. The van der Waals surface area contributed by atoms with E-state index >= 15 is 0 Å². The summed E-state index contributed by atoms with van der Waals surface area (Å²) < 4.78 is 0. The minimum Gasteiger partial charge on any atom is -0.481 e. The molecule has 0 spiro atoms. The van der Waals surface area contributed by atoms with Crippen LogP contribution in [0.3, 0.4) is 0 Å². The van der Waals surface area contributed by atoms with Crippen molar-refractivity contribution in [1.82, 2.24) is 10.4 Å². The molecule has 0 aliphatic heterocycles. The average molecular weight is 477 g/mol. The first-order valence-corrected chi connectivity index (χ1v) is 11.1. The molecule has 12 heteroatoms. The highest BCUT2D eigenvalue weighted by Gasteiger charge is 2.41. The van der Waals surface area contributed by atoms with Gasteiger partial charge >= 0.3 is 17.9 Å². The zero-order valence-corrected chi connectivity index (χ0v) is 19.0. The van der Waals surface area contributed by atoms with Crippen LogP contribution in [0, 0.1) is 0 Å². The Morgan fingerprint density at radius 2 is 1.48 bits per heavy atom. The average Bonchev–Trinajstić information content (AvgIpc) is 2.71. The normalized spacial score (nSPS) is 13.5. The van der Waals surface area contributed by atoms with E-state index in [1.807, 2.05) is 0 Å². The van der Waals surface area contributed by atoms with Crippen LogP contribution in [0.2, 0.25) is 0 Å². The van der Waals surface area contributed by atoms with E-state index in [4.69, 9.17) is 10.2 Å². The quantitative estimate of drug-likeness (QED) is 0.0898. The maximum atomic E-state index is 12.0. The van der Waals surface area contributed by atoms with Gasteiger partial charge in [0.1, 0.15) is 6.04 Å². The summed E-state index contributed by atoms with van der Waals surface area (Å²) in [7, 11) is 0. The molecule has 0 heterocycles. The number of carboxylic acid groups (broad SMARTS) is 3. The van der Waals surface area contributed by atoms with E-state index < -0.39 is 54.2 Å². The maximum absolute atomic E-state index is 12.0. The number of unbranched alkanes of at least 4 members (excludes halogenated alkanes) is 6. The summed E-state index contributed by atoms with van der Waals surface area (Å²) in [6.45, 7) is 2.10. The molecular weight excluding hydrogens is 440 g/mol. The van der Waals surface area contributed by atoms with Crippen LogP contribution >= 0.6 is 0 Å². The van der Waals surface area contributed by atoms with E-state index in [1.54, 1.807) is 0 Å². The number of aliphatic carboxylic acids is 3. The molecule has 0 fully saturated rings. The zero-order chi connectivity index (χ0) is 25.4. The number of hydrogen-bond donors (Lipinski definition) is 6.